The normalized spacial score (nSPS) is 10.5. The molecule has 0 aliphatic heterocycles. The van der Waals surface area contributed by atoms with Crippen molar-refractivity contribution in [1.29, 1.82) is 0 Å². The van der Waals surface area contributed by atoms with Gasteiger partial charge >= 0.3 is 0 Å². The van der Waals surface area contributed by atoms with Gasteiger partial charge in [-0.05, 0) is 26.0 Å². The number of halogens is 2. The minimum atomic E-state index is -0.894. The summed E-state index contributed by atoms with van der Waals surface area (Å²) in [6, 6.07) is 3.66. The zero-order chi connectivity index (χ0) is 15.4. The number of hydrogen-bond donors (Lipinski definition) is 2. The van der Waals surface area contributed by atoms with E-state index in [0.29, 0.717) is 23.8 Å². The Balaban J connectivity index is 2.37. The van der Waals surface area contributed by atoms with Gasteiger partial charge in [0.25, 0.3) is 0 Å². The molecule has 2 aromatic rings. The van der Waals surface area contributed by atoms with Gasteiger partial charge in [-0.2, -0.15) is 0 Å². The van der Waals surface area contributed by atoms with Gasteiger partial charge in [0.1, 0.15) is 17.5 Å². The number of anilines is 3. The molecule has 0 unspecified atom stereocenters. The molecule has 2 N–H and O–H groups in total. The van der Waals surface area contributed by atoms with Crippen LogP contribution in [0.1, 0.15) is 25.2 Å². The van der Waals surface area contributed by atoms with E-state index >= 15 is 0 Å². The fraction of sp³-hybridized carbons (Fsp3) is 0.333. The van der Waals surface area contributed by atoms with Crippen LogP contribution in [-0.2, 0) is 6.42 Å². The highest BCUT2D eigenvalue weighted by Gasteiger charge is 2.11. The van der Waals surface area contributed by atoms with Crippen LogP contribution < -0.4 is 10.6 Å². The average Bonchev–Trinajstić information content (AvgIpc) is 2.47. The molecule has 0 bridgehead atoms. The van der Waals surface area contributed by atoms with Crippen LogP contribution in [0.25, 0.3) is 0 Å². The number of benzene rings is 1. The monoisotopic (exact) mass is 292 g/mol. The molecular weight excluding hydrogens is 274 g/mol. The highest BCUT2D eigenvalue weighted by Crippen LogP contribution is 2.24. The molecule has 0 radical (unpaired) electrons. The minimum Gasteiger partial charge on any atom is -0.370 e. The Morgan fingerprint density at radius 1 is 1.05 bits per heavy atom. The number of nitrogens with one attached hydrogen (secondary N) is 2. The Hall–Kier alpha value is -2.24. The molecule has 0 aliphatic carbocycles. The van der Waals surface area contributed by atoms with Crippen LogP contribution in [0.3, 0.4) is 0 Å². The van der Waals surface area contributed by atoms with Crippen LogP contribution in [0.15, 0.2) is 18.2 Å². The first kappa shape index (κ1) is 15.2. The van der Waals surface area contributed by atoms with Crippen molar-refractivity contribution >= 4 is 17.3 Å². The Labute approximate surface area is 122 Å². The predicted octanol–water partition coefficient (Wildman–Crippen LogP) is 3.80. The van der Waals surface area contributed by atoms with Crippen molar-refractivity contribution in [3.8, 4) is 0 Å². The third-order valence-electron chi connectivity index (χ3n) is 3.03. The standard InChI is InChI=1S/C15H18F2N4/c1-4-13-20-14(18-5-2)9(3)15(21-13)19-10-6-7-11(16)12(17)8-10/h6-8H,4-5H2,1-3H3,(H2,18,19,20,21). The first-order chi connectivity index (χ1) is 10.0. The Kier molecular flexibility index (Phi) is 4.67. The van der Waals surface area contributed by atoms with Crippen molar-refractivity contribution in [2.75, 3.05) is 17.2 Å². The number of rotatable bonds is 5. The van der Waals surface area contributed by atoms with E-state index in [1.165, 1.54) is 6.07 Å². The lowest BCUT2D eigenvalue weighted by Crippen LogP contribution is -2.09. The summed E-state index contributed by atoms with van der Waals surface area (Å²) >= 11 is 0. The lowest BCUT2D eigenvalue weighted by molar-refractivity contribution is 0.509. The van der Waals surface area contributed by atoms with Gasteiger partial charge in [-0.25, -0.2) is 18.7 Å². The van der Waals surface area contributed by atoms with Gasteiger partial charge < -0.3 is 10.6 Å². The fourth-order valence-corrected chi connectivity index (χ4v) is 1.89. The summed E-state index contributed by atoms with van der Waals surface area (Å²) in [4.78, 5) is 8.82. The number of aryl methyl sites for hydroxylation is 1. The maximum Gasteiger partial charge on any atom is 0.160 e. The molecule has 0 atom stereocenters. The molecule has 21 heavy (non-hydrogen) atoms. The van der Waals surface area contributed by atoms with Crippen molar-refractivity contribution < 1.29 is 8.78 Å². The molecule has 1 aromatic heterocycles. The van der Waals surface area contributed by atoms with Crippen molar-refractivity contribution in [2.45, 2.75) is 27.2 Å². The summed E-state index contributed by atoms with van der Waals surface area (Å²) in [5.41, 5.74) is 1.28. The third-order valence-corrected chi connectivity index (χ3v) is 3.03. The van der Waals surface area contributed by atoms with Crippen molar-refractivity contribution in [1.82, 2.24) is 9.97 Å². The van der Waals surface area contributed by atoms with Gasteiger partial charge in [-0.1, -0.05) is 6.92 Å². The average molecular weight is 292 g/mol. The summed E-state index contributed by atoms with van der Waals surface area (Å²) in [6.45, 7) is 6.56. The molecule has 0 spiro atoms. The Morgan fingerprint density at radius 3 is 2.38 bits per heavy atom. The van der Waals surface area contributed by atoms with E-state index in [0.717, 1.165) is 30.1 Å². The summed E-state index contributed by atoms with van der Waals surface area (Å²) in [7, 11) is 0. The fourth-order valence-electron chi connectivity index (χ4n) is 1.89. The summed E-state index contributed by atoms with van der Waals surface area (Å²) in [5, 5.41) is 6.19. The second-order valence-electron chi connectivity index (χ2n) is 4.60. The van der Waals surface area contributed by atoms with E-state index in [2.05, 4.69) is 20.6 Å². The molecular formula is C15H18F2N4. The second kappa shape index (κ2) is 6.47. The molecule has 0 amide bonds. The molecule has 1 aromatic carbocycles. The SMILES string of the molecule is CCNc1nc(CC)nc(Nc2ccc(F)c(F)c2)c1C. The van der Waals surface area contributed by atoms with Gasteiger partial charge in [0, 0.05) is 30.3 Å². The Bertz CT molecular complexity index is 644. The van der Waals surface area contributed by atoms with Crippen LogP contribution in [-0.4, -0.2) is 16.5 Å². The van der Waals surface area contributed by atoms with E-state index in [9.17, 15) is 8.78 Å². The summed E-state index contributed by atoms with van der Waals surface area (Å²) in [6.07, 6.45) is 0.686. The summed E-state index contributed by atoms with van der Waals surface area (Å²) in [5.74, 6) is 0.247. The van der Waals surface area contributed by atoms with E-state index in [-0.39, 0.29) is 0 Å². The lowest BCUT2D eigenvalue weighted by Gasteiger charge is -2.14. The number of nitrogens with zero attached hydrogens (tertiary/aromatic N) is 2. The van der Waals surface area contributed by atoms with Crippen LogP contribution in [0.5, 0.6) is 0 Å². The van der Waals surface area contributed by atoms with Gasteiger partial charge in [0.05, 0.1) is 0 Å². The van der Waals surface area contributed by atoms with E-state index in [1.807, 2.05) is 20.8 Å². The van der Waals surface area contributed by atoms with Gasteiger partial charge in [-0.3, -0.25) is 0 Å². The highest BCUT2D eigenvalue weighted by molar-refractivity contribution is 5.64. The molecule has 4 nitrogen and oxygen atoms in total. The van der Waals surface area contributed by atoms with E-state index in [1.54, 1.807) is 0 Å². The third kappa shape index (κ3) is 3.45. The molecule has 2 rings (SSSR count). The van der Waals surface area contributed by atoms with Crippen LogP contribution in [0.4, 0.5) is 26.1 Å². The van der Waals surface area contributed by atoms with Gasteiger partial charge in [0.2, 0.25) is 0 Å². The Morgan fingerprint density at radius 2 is 1.76 bits per heavy atom. The quantitative estimate of drug-likeness (QED) is 0.880. The largest absolute Gasteiger partial charge is 0.370 e. The van der Waals surface area contributed by atoms with Crippen LogP contribution in [0, 0.1) is 18.6 Å². The molecule has 0 aliphatic rings. The molecule has 0 saturated carbocycles. The zero-order valence-corrected chi connectivity index (χ0v) is 12.3. The first-order valence-corrected chi connectivity index (χ1v) is 6.88. The van der Waals surface area contributed by atoms with Crippen molar-refractivity contribution in [2.24, 2.45) is 0 Å². The topological polar surface area (TPSA) is 49.8 Å². The lowest BCUT2D eigenvalue weighted by atomic mass is 10.2. The van der Waals surface area contributed by atoms with Gasteiger partial charge in [0.15, 0.2) is 11.6 Å². The van der Waals surface area contributed by atoms with Crippen LogP contribution in [0.2, 0.25) is 0 Å². The predicted molar refractivity (Wildman–Crippen MR) is 80.0 cm³/mol. The molecule has 112 valence electrons. The molecule has 1 heterocycles. The smallest absolute Gasteiger partial charge is 0.160 e. The zero-order valence-electron chi connectivity index (χ0n) is 12.3. The molecule has 0 fully saturated rings. The highest BCUT2D eigenvalue weighted by atomic mass is 19.2. The molecule has 6 heteroatoms. The first-order valence-electron chi connectivity index (χ1n) is 6.88. The van der Waals surface area contributed by atoms with Gasteiger partial charge in [-0.15, -0.1) is 0 Å². The van der Waals surface area contributed by atoms with E-state index in [4.69, 9.17) is 0 Å². The van der Waals surface area contributed by atoms with Crippen molar-refractivity contribution in [3.05, 3.63) is 41.2 Å². The number of hydrogen-bond acceptors (Lipinski definition) is 4. The van der Waals surface area contributed by atoms with Crippen molar-refractivity contribution in [3.63, 3.8) is 0 Å². The molecule has 0 saturated heterocycles. The number of aromatic nitrogens is 2. The maximum atomic E-state index is 13.3. The maximum absolute atomic E-state index is 13.3. The summed E-state index contributed by atoms with van der Waals surface area (Å²) < 4.78 is 26.2. The minimum absolute atomic E-state index is 0.445. The van der Waals surface area contributed by atoms with Crippen LogP contribution >= 0.6 is 0 Å². The second-order valence-corrected chi connectivity index (χ2v) is 4.60. The van der Waals surface area contributed by atoms with E-state index < -0.39 is 11.6 Å².